The fourth-order valence-electron chi connectivity index (χ4n) is 4.02. The SMILES string of the molecule is COc1c(C)cc(C(=O)N2CCCN(C(=O)C3CCC3)CC2)c(C)c1C. The van der Waals surface area contributed by atoms with E-state index in [1.54, 1.807) is 7.11 Å². The van der Waals surface area contributed by atoms with Crippen molar-refractivity contribution in [1.82, 2.24) is 9.80 Å². The first-order chi connectivity index (χ1) is 12.4. The molecule has 1 saturated heterocycles. The smallest absolute Gasteiger partial charge is 0.254 e. The van der Waals surface area contributed by atoms with Crippen LogP contribution in [0.15, 0.2) is 6.07 Å². The predicted octanol–water partition coefficient (Wildman–Crippen LogP) is 3.10. The van der Waals surface area contributed by atoms with E-state index in [-0.39, 0.29) is 17.7 Å². The van der Waals surface area contributed by atoms with Gasteiger partial charge in [0.2, 0.25) is 5.91 Å². The van der Waals surface area contributed by atoms with Gasteiger partial charge in [0.25, 0.3) is 5.91 Å². The molecule has 0 N–H and O–H groups in total. The van der Waals surface area contributed by atoms with E-state index in [2.05, 4.69) is 0 Å². The number of carbonyl (C=O) groups is 2. The van der Waals surface area contributed by atoms with Gasteiger partial charge in [-0.15, -0.1) is 0 Å². The van der Waals surface area contributed by atoms with Crippen LogP contribution in [0.2, 0.25) is 0 Å². The minimum absolute atomic E-state index is 0.0642. The van der Waals surface area contributed by atoms with Crippen LogP contribution in [-0.2, 0) is 4.79 Å². The number of ether oxygens (including phenoxy) is 1. The van der Waals surface area contributed by atoms with E-state index in [4.69, 9.17) is 4.74 Å². The third-order valence-corrected chi connectivity index (χ3v) is 6.01. The number of nitrogens with zero attached hydrogens (tertiary/aromatic N) is 2. The molecule has 0 bridgehead atoms. The molecule has 0 spiro atoms. The zero-order valence-electron chi connectivity index (χ0n) is 16.4. The molecule has 2 aliphatic rings. The number of rotatable bonds is 3. The van der Waals surface area contributed by atoms with Crippen molar-refractivity contribution >= 4 is 11.8 Å². The van der Waals surface area contributed by atoms with Gasteiger partial charge in [-0.3, -0.25) is 9.59 Å². The second-order valence-corrected chi connectivity index (χ2v) is 7.62. The normalized spacial score (nSPS) is 18.3. The number of benzene rings is 1. The topological polar surface area (TPSA) is 49.9 Å². The Labute approximate surface area is 156 Å². The fourth-order valence-corrected chi connectivity index (χ4v) is 4.02. The lowest BCUT2D eigenvalue weighted by Gasteiger charge is -2.31. The number of amides is 2. The molecule has 5 nitrogen and oxygen atoms in total. The number of hydrogen-bond donors (Lipinski definition) is 0. The van der Waals surface area contributed by atoms with Crippen LogP contribution in [0.5, 0.6) is 5.75 Å². The van der Waals surface area contributed by atoms with Gasteiger partial charge in [-0.2, -0.15) is 0 Å². The van der Waals surface area contributed by atoms with Gasteiger partial charge in [0.05, 0.1) is 7.11 Å². The minimum Gasteiger partial charge on any atom is -0.496 e. The maximum absolute atomic E-state index is 13.1. The predicted molar refractivity (Wildman–Crippen MR) is 102 cm³/mol. The van der Waals surface area contributed by atoms with E-state index < -0.39 is 0 Å². The summed E-state index contributed by atoms with van der Waals surface area (Å²) < 4.78 is 5.47. The molecule has 1 heterocycles. The lowest BCUT2D eigenvalue weighted by atomic mass is 9.84. The van der Waals surface area contributed by atoms with Crippen LogP contribution in [0.4, 0.5) is 0 Å². The highest BCUT2D eigenvalue weighted by atomic mass is 16.5. The van der Waals surface area contributed by atoms with Crippen LogP contribution >= 0.6 is 0 Å². The summed E-state index contributed by atoms with van der Waals surface area (Å²) in [5.74, 6) is 1.44. The Morgan fingerprint density at radius 3 is 2.23 bits per heavy atom. The first kappa shape index (κ1) is 18.7. The van der Waals surface area contributed by atoms with Crippen LogP contribution in [0.25, 0.3) is 0 Å². The standard InChI is InChI=1S/C21H30N2O3/c1-14-13-18(15(2)16(3)19(14)26-4)21(25)23-10-6-9-22(11-12-23)20(24)17-7-5-8-17/h13,17H,5-12H2,1-4H3. The molecule has 0 aromatic heterocycles. The van der Waals surface area contributed by atoms with Crippen molar-refractivity contribution in [1.29, 1.82) is 0 Å². The van der Waals surface area contributed by atoms with Gasteiger partial charge in [0, 0.05) is 37.7 Å². The van der Waals surface area contributed by atoms with Gasteiger partial charge in [0.15, 0.2) is 0 Å². The Bertz CT molecular complexity index is 710. The fraction of sp³-hybridized carbons (Fsp3) is 0.619. The Kier molecular flexibility index (Phi) is 5.54. The third-order valence-electron chi connectivity index (χ3n) is 6.01. The number of carbonyl (C=O) groups excluding carboxylic acids is 2. The average Bonchev–Trinajstić information content (AvgIpc) is 2.82. The van der Waals surface area contributed by atoms with E-state index in [0.29, 0.717) is 19.6 Å². The van der Waals surface area contributed by atoms with Crippen LogP contribution < -0.4 is 4.74 Å². The molecular weight excluding hydrogens is 328 g/mol. The quantitative estimate of drug-likeness (QED) is 0.834. The number of hydrogen-bond acceptors (Lipinski definition) is 3. The van der Waals surface area contributed by atoms with Crippen molar-refractivity contribution in [2.45, 2.75) is 46.5 Å². The lowest BCUT2D eigenvalue weighted by Crippen LogP contribution is -2.41. The largest absolute Gasteiger partial charge is 0.496 e. The molecule has 5 heteroatoms. The van der Waals surface area contributed by atoms with Crippen molar-refractivity contribution in [3.05, 3.63) is 28.3 Å². The van der Waals surface area contributed by atoms with Gasteiger partial charge in [-0.25, -0.2) is 0 Å². The minimum atomic E-state index is 0.0642. The second kappa shape index (κ2) is 7.68. The summed E-state index contributed by atoms with van der Waals surface area (Å²) >= 11 is 0. The first-order valence-corrected chi connectivity index (χ1v) is 9.67. The van der Waals surface area contributed by atoms with Crippen LogP contribution in [-0.4, -0.2) is 54.9 Å². The zero-order chi connectivity index (χ0) is 18.8. The van der Waals surface area contributed by atoms with Crippen LogP contribution in [0, 0.1) is 26.7 Å². The third kappa shape index (κ3) is 3.44. The van der Waals surface area contributed by atoms with Gasteiger partial charge >= 0.3 is 0 Å². The average molecular weight is 358 g/mol. The Balaban J connectivity index is 1.73. The second-order valence-electron chi connectivity index (χ2n) is 7.62. The van der Waals surface area contributed by atoms with Gasteiger partial charge < -0.3 is 14.5 Å². The molecule has 0 atom stereocenters. The maximum Gasteiger partial charge on any atom is 0.254 e. The highest BCUT2D eigenvalue weighted by Crippen LogP contribution is 2.30. The molecule has 3 rings (SSSR count). The van der Waals surface area contributed by atoms with E-state index >= 15 is 0 Å². The summed E-state index contributed by atoms with van der Waals surface area (Å²) in [5, 5.41) is 0. The summed E-state index contributed by atoms with van der Waals surface area (Å²) in [6.07, 6.45) is 4.07. The van der Waals surface area contributed by atoms with Crippen molar-refractivity contribution in [3.63, 3.8) is 0 Å². The van der Waals surface area contributed by atoms with E-state index in [9.17, 15) is 9.59 Å². The Hall–Kier alpha value is -2.04. The van der Waals surface area contributed by atoms with E-state index in [0.717, 1.165) is 53.8 Å². The zero-order valence-corrected chi connectivity index (χ0v) is 16.4. The van der Waals surface area contributed by atoms with Crippen molar-refractivity contribution in [2.75, 3.05) is 33.3 Å². The van der Waals surface area contributed by atoms with Crippen molar-refractivity contribution < 1.29 is 14.3 Å². The highest BCUT2D eigenvalue weighted by molar-refractivity contribution is 5.96. The Morgan fingerprint density at radius 1 is 0.962 bits per heavy atom. The summed E-state index contributed by atoms with van der Waals surface area (Å²) in [5.41, 5.74) is 3.73. The van der Waals surface area contributed by atoms with Gasteiger partial charge in [-0.05, 0) is 62.8 Å². The summed E-state index contributed by atoms with van der Waals surface area (Å²) in [7, 11) is 1.67. The molecule has 1 saturated carbocycles. The highest BCUT2D eigenvalue weighted by Gasteiger charge is 2.31. The number of aryl methyl sites for hydroxylation is 1. The van der Waals surface area contributed by atoms with E-state index in [1.165, 1.54) is 6.42 Å². The number of methoxy groups -OCH3 is 1. The van der Waals surface area contributed by atoms with Gasteiger partial charge in [0.1, 0.15) is 5.75 Å². The van der Waals surface area contributed by atoms with Gasteiger partial charge in [-0.1, -0.05) is 6.42 Å². The monoisotopic (exact) mass is 358 g/mol. The Morgan fingerprint density at radius 2 is 1.62 bits per heavy atom. The molecule has 0 unspecified atom stereocenters. The molecule has 2 amide bonds. The first-order valence-electron chi connectivity index (χ1n) is 9.67. The summed E-state index contributed by atoms with van der Waals surface area (Å²) in [4.78, 5) is 29.5. The van der Waals surface area contributed by atoms with E-state index in [1.807, 2.05) is 36.6 Å². The molecule has 1 aromatic rings. The maximum atomic E-state index is 13.1. The molecule has 142 valence electrons. The van der Waals surface area contributed by atoms with Crippen LogP contribution in [0.1, 0.15) is 52.7 Å². The summed E-state index contributed by atoms with van der Waals surface area (Å²) in [6.45, 7) is 8.68. The van der Waals surface area contributed by atoms with Crippen LogP contribution in [0.3, 0.4) is 0 Å². The molecule has 1 aromatic carbocycles. The van der Waals surface area contributed by atoms with Crippen molar-refractivity contribution in [2.24, 2.45) is 5.92 Å². The molecule has 2 fully saturated rings. The molecule has 26 heavy (non-hydrogen) atoms. The van der Waals surface area contributed by atoms with Crippen molar-refractivity contribution in [3.8, 4) is 5.75 Å². The lowest BCUT2D eigenvalue weighted by molar-refractivity contribution is -0.138. The molecule has 1 aliphatic carbocycles. The molecule has 0 radical (unpaired) electrons. The molecule has 1 aliphatic heterocycles. The summed E-state index contributed by atoms with van der Waals surface area (Å²) in [6, 6.07) is 1.94. The molecular formula is C21H30N2O3.